The highest BCUT2D eigenvalue weighted by Gasteiger charge is 2.15. The van der Waals surface area contributed by atoms with Crippen molar-refractivity contribution in [1.29, 1.82) is 0 Å². The number of aromatic carboxylic acids is 1. The number of carbonyl (C=O) groups is 1. The molecule has 0 spiro atoms. The molecule has 0 amide bonds. The average Bonchev–Trinajstić information content (AvgIpc) is 2.94. The molecule has 1 fully saturated rings. The third-order valence-corrected chi connectivity index (χ3v) is 3.75. The summed E-state index contributed by atoms with van der Waals surface area (Å²) in [7, 11) is 0. The predicted octanol–water partition coefficient (Wildman–Crippen LogP) is 2.96. The molecule has 2 N–H and O–H groups in total. The van der Waals surface area contributed by atoms with E-state index in [4.69, 9.17) is 9.52 Å². The maximum Gasteiger partial charge on any atom is 0.371 e. The predicted molar refractivity (Wildman–Crippen MR) is 68.7 cm³/mol. The number of carboxylic acid groups (broad SMARTS) is 1. The van der Waals surface area contributed by atoms with Gasteiger partial charge in [-0.15, -0.1) is 0 Å². The maximum absolute atomic E-state index is 10.8. The average molecular weight is 251 g/mol. The molecule has 0 atom stereocenters. The lowest BCUT2D eigenvalue weighted by Gasteiger charge is -2.09. The van der Waals surface area contributed by atoms with Crippen LogP contribution in [-0.4, -0.2) is 17.6 Å². The Balaban J connectivity index is 1.74. The van der Waals surface area contributed by atoms with Crippen LogP contribution >= 0.6 is 0 Å². The number of carboxylic acids is 1. The van der Waals surface area contributed by atoms with Crippen molar-refractivity contribution in [2.75, 3.05) is 6.54 Å². The second-order valence-electron chi connectivity index (χ2n) is 5.11. The third kappa shape index (κ3) is 3.35. The zero-order valence-electron chi connectivity index (χ0n) is 10.9. The molecule has 1 heterocycles. The van der Waals surface area contributed by atoms with Gasteiger partial charge in [-0.2, -0.15) is 0 Å². The zero-order chi connectivity index (χ0) is 13.0. The van der Waals surface area contributed by atoms with E-state index in [1.165, 1.54) is 32.1 Å². The van der Waals surface area contributed by atoms with Crippen LogP contribution in [0, 0.1) is 12.8 Å². The number of furan rings is 1. The molecule has 0 aliphatic heterocycles. The van der Waals surface area contributed by atoms with Gasteiger partial charge in [0.05, 0.1) is 0 Å². The molecule has 1 aromatic rings. The van der Waals surface area contributed by atoms with Gasteiger partial charge in [0.25, 0.3) is 0 Å². The molecule has 1 saturated carbocycles. The summed E-state index contributed by atoms with van der Waals surface area (Å²) in [5.74, 6) is 0.605. The van der Waals surface area contributed by atoms with Gasteiger partial charge in [-0.1, -0.05) is 25.7 Å². The van der Waals surface area contributed by atoms with Crippen LogP contribution in [0.15, 0.2) is 10.5 Å². The Kier molecular flexibility index (Phi) is 4.42. The van der Waals surface area contributed by atoms with Crippen molar-refractivity contribution >= 4 is 5.97 Å². The Labute approximate surface area is 107 Å². The fraction of sp³-hybridized carbons (Fsp3) is 0.643. The van der Waals surface area contributed by atoms with Crippen LogP contribution < -0.4 is 5.32 Å². The van der Waals surface area contributed by atoms with Gasteiger partial charge in [0.2, 0.25) is 5.76 Å². The first kappa shape index (κ1) is 13.1. The largest absolute Gasteiger partial charge is 0.475 e. The van der Waals surface area contributed by atoms with Crippen molar-refractivity contribution in [2.24, 2.45) is 5.92 Å². The summed E-state index contributed by atoms with van der Waals surface area (Å²) in [4.78, 5) is 10.8. The van der Waals surface area contributed by atoms with Gasteiger partial charge in [0, 0.05) is 12.1 Å². The summed E-state index contributed by atoms with van der Waals surface area (Å²) in [5.41, 5.74) is 0.943. The van der Waals surface area contributed by atoms with Gasteiger partial charge in [-0.25, -0.2) is 4.79 Å². The van der Waals surface area contributed by atoms with Crippen molar-refractivity contribution in [3.05, 3.63) is 23.2 Å². The highest BCUT2D eigenvalue weighted by atomic mass is 16.4. The zero-order valence-corrected chi connectivity index (χ0v) is 10.9. The standard InChI is InChI=1S/C14H21NO3/c1-10-12(8-13(18-10)14(16)17)9-15-7-6-11-4-2-3-5-11/h8,11,15H,2-7,9H2,1H3,(H,16,17). The van der Waals surface area contributed by atoms with Gasteiger partial charge >= 0.3 is 5.97 Å². The fourth-order valence-corrected chi connectivity index (χ4v) is 2.63. The van der Waals surface area contributed by atoms with Gasteiger partial charge in [-0.3, -0.25) is 0 Å². The van der Waals surface area contributed by atoms with Crippen LogP contribution in [0.4, 0.5) is 0 Å². The molecule has 100 valence electrons. The summed E-state index contributed by atoms with van der Waals surface area (Å²) in [6.45, 7) is 3.49. The number of hydrogen-bond acceptors (Lipinski definition) is 3. The van der Waals surface area contributed by atoms with Gasteiger partial charge < -0.3 is 14.8 Å². The van der Waals surface area contributed by atoms with E-state index in [9.17, 15) is 4.79 Å². The summed E-state index contributed by atoms with van der Waals surface area (Å²) in [5, 5.41) is 12.2. The molecule has 1 aromatic heterocycles. The molecule has 18 heavy (non-hydrogen) atoms. The molecule has 0 saturated heterocycles. The highest BCUT2D eigenvalue weighted by Crippen LogP contribution is 2.26. The topological polar surface area (TPSA) is 62.5 Å². The lowest BCUT2D eigenvalue weighted by atomic mass is 10.0. The van der Waals surface area contributed by atoms with Crippen molar-refractivity contribution in [3.63, 3.8) is 0 Å². The van der Waals surface area contributed by atoms with E-state index in [1.807, 2.05) is 0 Å². The first-order valence-corrected chi connectivity index (χ1v) is 6.70. The van der Waals surface area contributed by atoms with E-state index in [-0.39, 0.29) is 5.76 Å². The summed E-state index contributed by atoms with van der Waals surface area (Å²) in [6.07, 6.45) is 6.73. The molecule has 4 nitrogen and oxygen atoms in total. The lowest BCUT2D eigenvalue weighted by Crippen LogP contribution is -2.17. The molecule has 1 aliphatic rings. The molecule has 4 heteroatoms. The number of hydrogen-bond donors (Lipinski definition) is 2. The summed E-state index contributed by atoms with van der Waals surface area (Å²) < 4.78 is 5.17. The van der Waals surface area contributed by atoms with Gasteiger partial charge in [0.15, 0.2) is 0 Å². The van der Waals surface area contributed by atoms with Crippen LogP contribution in [0.5, 0.6) is 0 Å². The number of aryl methyl sites for hydroxylation is 1. The Bertz CT molecular complexity index is 405. The van der Waals surface area contributed by atoms with Gasteiger partial charge in [0.1, 0.15) is 5.76 Å². The monoisotopic (exact) mass is 251 g/mol. The molecular formula is C14H21NO3. The molecule has 0 unspecified atom stereocenters. The van der Waals surface area contributed by atoms with Gasteiger partial charge in [-0.05, 0) is 31.9 Å². The molecule has 1 aliphatic carbocycles. The van der Waals surface area contributed by atoms with Crippen molar-refractivity contribution in [2.45, 2.75) is 45.6 Å². The first-order chi connectivity index (χ1) is 8.66. The smallest absolute Gasteiger partial charge is 0.371 e. The SMILES string of the molecule is Cc1oc(C(=O)O)cc1CNCCC1CCCC1. The second-order valence-corrected chi connectivity index (χ2v) is 5.11. The van der Waals surface area contributed by atoms with Crippen LogP contribution in [0.25, 0.3) is 0 Å². The number of rotatable bonds is 6. The molecule has 0 bridgehead atoms. The molecule has 0 aromatic carbocycles. The Morgan fingerprint density at radius 3 is 2.83 bits per heavy atom. The fourth-order valence-electron chi connectivity index (χ4n) is 2.63. The van der Waals surface area contributed by atoms with Crippen molar-refractivity contribution in [1.82, 2.24) is 5.32 Å². The van der Waals surface area contributed by atoms with E-state index >= 15 is 0 Å². The Hall–Kier alpha value is -1.29. The maximum atomic E-state index is 10.8. The van der Waals surface area contributed by atoms with E-state index in [0.29, 0.717) is 12.3 Å². The number of nitrogens with one attached hydrogen (secondary N) is 1. The Morgan fingerprint density at radius 2 is 2.22 bits per heavy atom. The first-order valence-electron chi connectivity index (χ1n) is 6.70. The van der Waals surface area contributed by atoms with Crippen LogP contribution in [-0.2, 0) is 6.54 Å². The van der Waals surface area contributed by atoms with Crippen molar-refractivity contribution < 1.29 is 14.3 Å². The quantitative estimate of drug-likeness (QED) is 0.763. The molecule has 2 rings (SSSR count). The molecular weight excluding hydrogens is 230 g/mol. The third-order valence-electron chi connectivity index (χ3n) is 3.75. The second kappa shape index (κ2) is 6.05. The van der Waals surface area contributed by atoms with E-state index in [0.717, 1.165) is 18.0 Å². The summed E-state index contributed by atoms with van der Waals surface area (Å²) in [6, 6.07) is 1.61. The van der Waals surface area contributed by atoms with Crippen LogP contribution in [0.3, 0.4) is 0 Å². The van der Waals surface area contributed by atoms with Crippen LogP contribution in [0.2, 0.25) is 0 Å². The minimum atomic E-state index is -1.00. The normalized spacial score (nSPS) is 16.3. The summed E-state index contributed by atoms with van der Waals surface area (Å²) >= 11 is 0. The lowest BCUT2D eigenvalue weighted by molar-refractivity contribution is 0.0661. The van der Waals surface area contributed by atoms with E-state index < -0.39 is 5.97 Å². The van der Waals surface area contributed by atoms with Crippen molar-refractivity contribution in [3.8, 4) is 0 Å². The van der Waals surface area contributed by atoms with E-state index in [2.05, 4.69) is 5.32 Å². The minimum absolute atomic E-state index is 0.0279. The van der Waals surface area contributed by atoms with E-state index in [1.54, 1.807) is 13.0 Å². The highest BCUT2D eigenvalue weighted by molar-refractivity contribution is 5.84. The minimum Gasteiger partial charge on any atom is -0.475 e. The van der Waals surface area contributed by atoms with Crippen LogP contribution in [0.1, 0.15) is 54.0 Å². The Morgan fingerprint density at radius 1 is 1.50 bits per heavy atom. The molecule has 0 radical (unpaired) electrons.